The Kier molecular flexibility index (Phi) is 6.87. The molecule has 132 valence electrons. The molecule has 0 saturated carbocycles. The van der Waals surface area contributed by atoms with E-state index in [9.17, 15) is 0 Å². The van der Waals surface area contributed by atoms with Gasteiger partial charge in [-0.1, -0.05) is 6.58 Å². The molecular weight excluding hydrogens is 322 g/mol. The zero-order chi connectivity index (χ0) is 17.5. The van der Waals surface area contributed by atoms with Crippen molar-refractivity contribution in [2.75, 3.05) is 40.4 Å². The predicted octanol–water partition coefficient (Wildman–Crippen LogP) is 0.856. The number of ether oxygens (including phenoxy) is 2. The maximum Gasteiger partial charge on any atom is 0.166 e. The van der Waals surface area contributed by atoms with Crippen LogP contribution in [0.2, 0.25) is 0 Å². The first kappa shape index (κ1) is 18.5. The van der Waals surface area contributed by atoms with Gasteiger partial charge in [0.25, 0.3) is 0 Å². The molecule has 5 nitrogen and oxygen atoms in total. The zero-order valence-electron chi connectivity index (χ0n) is 14.8. The SMILES string of the molecule is C=CC[NH+]1CCc2cc(OC)c(OC)cc2[C@@H]1CNC(=S)NCC. The summed E-state index contributed by atoms with van der Waals surface area (Å²) in [7, 11) is 3.35. The Hall–Kier alpha value is -1.79. The van der Waals surface area contributed by atoms with Gasteiger partial charge >= 0.3 is 0 Å². The molecule has 0 spiro atoms. The van der Waals surface area contributed by atoms with Crippen molar-refractivity contribution in [3.8, 4) is 11.5 Å². The molecule has 0 amide bonds. The molecule has 1 aromatic rings. The van der Waals surface area contributed by atoms with Crippen molar-refractivity contribution in [3.63, 3.8) is 0 Å². The Balaban J connectivity index is 2.30. The van der Waals surface area contributed by atoms with E-state index in [0.29, 0.717) is 11.2 Å². The van der Waals surface area contributed by atoms with Gasteiger partial charge in [-0.05, 0) is 42.9 Å². The molecule has 24 heavy (non-hydrogen) atoms. The molecule has 1 aliphatic heterocycles. The van der Waals surface area contributed by atoms with E-state index in [4.69, 9.17) is 21.7 Å². The van der Waals surface area contributed by atoms with Gasteiger partial charge in [-0.15, -0.1) is 0 Å². The smallest absolute Gasteiger partial charge is 0.166 e. The number of nitrogens with one attached hydrogen (secondary N) is 3. The average molecular weight is 351 g/mol. The molecule has 3 N–H and O–H groups in total. The second-order valence-electron chi connectivity index (χ2n) is 5.85. The minimum atomic E-state index is 0.295. The molecule has 2 rings (SSSR count). The van der Waals surface area contributed by atoms with Crippen LogP contribution in [0.5, 0.6) is 11.5 Å². The van der Waals surface area contributed by atoms with Gasteiger partial charge in [-0.25, -0.2) is 0 Å². The lowest BCUT2D eigenvalue weighted by Crippen LogP contribution is -3.13. The molecular formula is C18H28N3O2S+. The Labute approximate surface area is 150 Å². The van der Waals surface area contributed by atoms with Crippen molar-refractivity contribution in [2.45, 2.75) is 19.4 Å². The largest absolute Gasteiger partial charge is 0.493 e. The average Bonchev–Trinajstić information content (AvgIpc) is 2.59. The van der Waals surface area contributed by atoms with Gasteiger partial charge in [-0.2, -0.15) is 0 Å². The van der Waals surface area contributed by atoms with Crippen LogP contribution in [0.3, 0.4) is 0 Å². The molecule has 2 atom stereocenters. The maximum atomic E-state index is 5.50. The molecule has 1 aromatic carbocycles. The van der Waals surface area contributed by atoms with Crippen LogP contribution in [-0.2, 0) is 6.42 Å². The number of hydrogen-bond donors (Lipinski definition) is 3. The second-order valence-corrected chi connectivity index (χ2v) is 6.26. The molecule has 1 aliphatic rings. The Bertz CT molecular complexity index is 592. The molecule has 0 fully saturated rings. The summed E-state index contributed by atoms with van der Waals surface area (Å²) in [6.45, 7) is 9.53. The normalized spacial score (nSPS) is 19.1. The number of methoxy groups -OCH3 is 2. The summed E-state index contributed by atoms with van der Waals surface area (Å²) >= 11 is 5.32. The molecule has 6 heteroatoms. The molecule has 0 aromatic heterocycles. The molecule has 0 aliphatic carbocycles. The fraction of sp³-hybridized carbons (Fsp3) is 0.500. The first-order valence-electron chi connectivity index (χ1n) is 8.36. The maximum absolute atomic E-state index is 5.50. The van der Waals surface area contributed by atoms with E-state index in [-0.39, 0.29) is 0 Å². The third-order valence-corrected chi connectivity index (χ3v) is 4.73. The summed E-state index contributed by atoms with van der Waals surface area (Å²) in [5.74, 6) is 1.56. The Morgan fingerprint density at radius 3 is 2.67 bits per heavy atom. The molecule has 1 heterocycles. The highest BCUT2D eigenvalue weighted by atomic mass is 32.1. The van der Waals surface area contributed by atoms with Crippen molar-refractivity contribution >= 4 is 17.3 Å². The van der Waals surface area contributed by atoms with E-state index in [1.807, 2.05) is 13.0 Å². The van der Waals surface area contributed by atoms with E-state index in [1.54, 1.807) is 14.2 Å². The van der Waals surface area contributed by atoms with Crippen LogP contribution in [0, 0.1) is 0 Å². The van der Waals surface area contributed by atoms with Crippen molar-refractivity contribution in [1.82, 2.24) is 10.6 Å². The van der Waals surface area contributed by atoms with Crippen LogP contribution in [0.15, 0.2) is 24.8 Å². The van der Waals surface area contributed by atoms with Gasteiger partial charge in [0.2, 0.25) is 0 Å². The van der Waals surface area contributed by atoms with Gasteiger partial charge in [0.15, 0.2) is 16.6 Å². The lowest BCUT2D eigenvalue weighted by atomic mass is 9.91. The van der Waals surface area contributed by atoms with E-state index in [0.717, 1.165) is 44.1 Å². The molecule has 0 radical (unpaired) electrons. The fourth-order valence-electron chi connectivity index (χ4n) is 3.27. The summed E-state index contributed by atoms with van der Waals surface area (Å²) in [6.07, 6.45) is 3.00. The zero-order valence-corrected chi connectivity index (χ0v) is 15.6. The third-order valence-electron chi connectivity index (χ3n) is 4.44. The number of benzene rings is 1. The summed E-state index contributed by atoms with van der Waals surface area (Å²) in [5, 5.41) is 7.18. The Morgan fingerprint density at radius 2 is 2.04 bits per heavy atom. The minimum Gasteiger partial charge on any atom is -0.493 e. The van der Waals surface area contributed by atoms with E-state index in [2.05, 4.69) is 29.3 Å². The highest BCUT2D eigenvalue weighted by Gasteiger charge is 2.31. The van der Waals surface area contributed by atoms with Crippen LogP contribution >= 0.6 is 12.2 Å². The summed E-state index contributed by atoms with van der Waals surface area (Å²) in [6, 6.07) is 4.51. The van der Waals surface area contributed by atoms with Gasteiger partial charge in [0.05, 0.1) is 33.9 Å². The molecule has 0 bridgehead atoms. The third kappa shape index (κ3) is 4.19. The topological polar surface area (TPSA) is 47.0 Å². The first-order chi connectivity index (χ1) is 11.6. The summed E-state index contributed by atoms with van der Waals surface area (Å²) in [5.41, 5.74) is 2.61. The van der Waals surface area contributed by atoms with Crippen molar-refractivity contribution < 1.29 is 14.4 Å². The monoisotopic (exact) mass is 350 g/mol. The lowest BCUT2D eigenvalue weighted by Gasteiger charge is -2.34. The molecule has 1 unspecified atom stereocenters. The van der Waals surface area contributed by atoms with Crippen LogP contribution < -0.4 is 25.0 Å². The Morgan fingerprint density at radius 1 is 1.33 bits per heavy atom. The van der Waals surface area contributed by atoms with E-state index >= 15 is 0 Å². The number of hydrogen-bond acceptors (Lipinski definition) is 3. The van der Waals surface area contributed by atoms with Crippen molar-refractivity contribution in [2.24, 2.45) is 0 Å². The number of fused-ring (bicyclic) bond motifs is 1. The number of rotatable bonds is 7. The van der Waals surface area contributed by atoms with Crippen LogP contribution in [-0.4, -0.2) is 45.5 Å². The quantitative estimate of drug-likeness (QED) is 0.503. The number of quaternary nitrogens is 1. The highest BCUT2D eigenvalue weighted by molar-refractivity contribution is 7.80. The van der Waals surface area contributed by atoms with E-state index < -0.39 is 0 Å². The van der Waals surface area contributed by atoms with Crippen molar-refractivity contribution in [1.29, 1.82) is 0 Å². The van der Waals surface area contributed by atoms with Crippen LogP contribution in [0.25, 0.3) is 0 Å². The fourth-order valence-corrected chi connectivity index (χ4v) is 3.50. The minimum absolute atomic E-state index is 0.295. The van der Waals surface area contributed by atoms with Gasteiger partial charge in [-0.3, -0.25) is 0 Å². The van der Waals surface area contributed by atoms with Gasteiger partial charge in [0, 0.05) is 18.5 Å². The van der Waals surface area contributed by atoms with Gasteiger partial charge < -0.3 is 25.0 Å². The summed E-state index contributed by atoms with van der Waals surface area (Å²) < 4.78 is 10.9. The molecule has 0 saturated heterocycles. The second kappa shape index (κ2) is 8.89. The first-order valence-corrected chi connectivity index (χ1v) is 8.77. The van der Waals surface area contributed by atoms with Crippen LogP contribution in [0.1, 0.15) is 24.1 Å². The van der Waals surface area contributed by atoms with Crippen molar-refractivity contribution in [3.05, 3.63) is 35.9 Å². The highest BCUT2D eigenvalue weighted by Crippen LogP contribution is 2.33. The lowest BCUT2D eigenvalue weighted by molar-refractivity contribution is -0.927. The van der Waals surface area contributed by atoms with Crippen LogP contribution in [0.4, 0.5) is 0 Å². The summed E-state index contributed by atoms with van der Waals surface area (Å²) in [4.78, 5) is 1.48. The van der Waals surface area contributed by atoms with E-state index in [1.165, 1.54) is 16.0 Å². The standard InChI is InChI=1S/C18H27N3O2S/c1-5-8-21-9-7-13-10-16(22-3)17(23-4)11-14(13)15(21)12-20-18(24)19-6-2/h5,10-11,15H,1,6-9,12H2,2-4H3,(H2,19,20,24)/p+1/t15-/m0/s1. The predicted molar refractivity (Wildman–Crippen MR) is 101 cm³/mol. The van der Waals surface area contributed by atoms with Gasteiger partial charge in [0.1, 0.15) is 6.04 Å². The number of thiocarbonyl (C=S) groups is 1.